The minimum atomic E-state index is -0.338. The van der Waals surface area contributed by atoms with Crippen molar-refractivity contribution in [3.05, 3.63) is 66.7 Å². The van der Waals surface area contributed by atoms with Gasteiger partial charge in [-0.1, -0.05) is 42.5 Å². The number of thioether (sulfide) groups is 1. The van der Waals surface area contributed by atoms with E-state index < -0.39 is 0 Å². The Morgan fingerprint density at radius 3 is 2.67 bits per heavy atom. The van der Waals surface area contributed by atoms with Crippen molar-refractivity contribution in [3.8, 4) is 11.3 Å². The lowest BCUT2D eigenvalue weighted by molar-refractivity contribution is -0.115. The van der Waals surface area contributed by atoms with Crippen LogP contribution < -0.4 is 11.1 Å². The summed E-state index contributed by atoms with van der Waals surface area (Å²) in [6.07, 6.45) is 1.72. The van der Waals surface area contributed by atoms with Crippen LogP contribution in [0.2, 0.25) is 0 Å². The van der Waals surface area contributed by atoms with E-state index in [2.05, 4.69) is 10.3 Å². The maximum atomic E-state index is 11.0. The molecule has 1 heterocycles. The first-order valence-electron chi connectivity index (χ1n) is 7.46. The number of hydrogen-bond acceptors (Lipinski definition) is 5. The van der Waals surface area contributed by atoms with Gasteiger partial charge in [0.15, 0.2) is 5.76 Å². The molecule has 122 valence electrons. The van der Waals surface area contributed by atoms with E-state index in [-0.39, 0.29) is 11.7 Å². The minimum Gasteiger partial charge on any atom is -0.439 e. The van der Waals surface area contributed by atoms with E-state index in [1.807, 2.05) is 54.6 Å². The van der Waals surface area contributed by atoms with Crippen LogP contribution in [0.3, 0.4) is 0 Å². The number of carbonyl (C=O) groups is 1. The number of hydrogen-bond donors (Lipinski definition) is 2. The fraction of sp³-hybridized carbons (Fsp3) is 0.111. The predicted molar refractivity (Wildman–Crippen MR) is 95.6 cm³/mol. The molecule has 3 aromatic rings. The molecule has 5 nitrogen and oxygen atoms in total. The molecule has 3 rings (SSSR count). The van der Waals surface area contributed by atoms with Gasteiger partial charge in [0.1, 0.15) is 0 Å². The number of rotatable bonds is 7. The summed E-state index contributed by atoms with van der Waals surface area (Å²) in [5.41, 5.74) is 7.12. The molecule has 1 amide bonds. The van der Waals surface area contributed by atoms with Gasteiger partial charge >= 0.3 is 0 Å². The standard InChI is InChI=1S/C18H17N3O2S/c19-17(22)12-24-16-9-5-4-8-14(16)20-11-18-21-10-15(23-18)13-6-2-1-3-7-13/h1-10,20H,11-12H2,(H2,19,22). The van der Waals surface area contributed by atoms with E-state index in [4.69, 9.17) is 10.2 Å². The SMILES string of the molecule is NC(=O)CSc1ccccc1NCc1ncc(-c2ccccc2)o1. The molecule has 0 bridgehead atoms. The van der Waals surface area contributed by atoms with E-state index in [1.54, 1.807) is 6.20 Å². The highest BCUT2D eigenvalue weighted by molar-refractivity contribution is 8.00. The zero-order valence-corrected chi connectivity index (χ0v) is 13.8. The fourth-order valence-corrected chi connectivity index (χ4v) is 2.95. The van der Waals surface area contributed by atoms with Crippen molar-refractivity contribution in [2.45, 2.75) is 11.4 Å². The van der Waals surface area contributed by atoms with Crippen molar-refractivity contribution in [1.29, 1.82) is 0 Å². The average molecular weight is 339 g/mol. The van der Waals surface area contributed by atoms with E-state index in [0.29, 0.717) is 12.4 Å². The quantitative estimate of drug-likeness (QED) is 0.644. The molecular weight excluding hydrogens is 322 g/mol. The summed E-state index contributed by atoms with van der Waals surface area (Å²) in [4.78, 5) is 16.2. The van der Waals surface area contributed by atoms with Crippen LogP contribution in [0.1, 0.15) is 5.89 Å². The summed E-state index contributed by atoms with van der Waals surface area (Å²) in [6, 6.07) is 17.6. The van der Waals surface area contributed by atoms with Gasteiger partial charge in [-0.25, -0.2) is 4.98 Å². The molecule has 0 aliphatic carbocycles. The van der Waals surface area contributed by atoms with Crippen LogP contribution >= 0.6 is 11.8 Å². The molecule has 0 unspecified atom stereocenters. The third-order valence-corrected chi connectivity index (χ3v) is 4.39. The molecule has 0 atom stereocenters. The Labute approximate surface area is 144 Å². The molecule has 1 aromatic heterocycles. The molecule has 0 spiro atoms. The van der Waals surface area contributed by atoms with Crippen molar-refractivity contribution in [2.24, 2.45) is 5.73 Å². The molecule has 0 aliphatic rings. The number of nitrogens with zero attached hydrogens (tertiary/aromatic N) is 1. The van der Waals surface area contributed by atoms with Crippen LogP contribution in [-0.4, -0.2) is 16.6 Å². The Balaban J connectivity index is 1.66. The van der Waals surface area contributed by atoms with Crippen LogP contribution in [0.15, 0.2) is 70.1 Å². The van der Waals surface area contributed by atoms with Gasteiger partial charge in [0.05, 0.1) is 18.5 Å². The predicted octanol–water partition coefficient (Wildman–Crippen LogP) is 3.53. The summed E-state index contributed by atoms with van der Waals surface area (Å²) >= 11 is 1.40. The first kappa shape index (κ1) is 16.1. The molecule has 0 radical (unpaired) electrons. The number of primary amides is 1. The summed E-state index contributed by atoms with van der Waals surface area (Å²) in [7, 11) is 0. The number of aromatic nitrogens is 1. The third kappa shape index (κ3) is 4.17. The van der Waals surface area contributed by atoms with Gasteiger partial charge in [0, 0.05) is 16.1 Å². The van der Waals surface area contributed by atoms with Crippen molar-refractivity contribution in [3.63, 3.8) is 0 Å². The topological polar surface area (TPSA) is 81.2 Å². The second-order valence-corrected chi connectivity index (χ2v) is 6.11. The summed E-state index contributed by atoms with van der Waals surface area (Å²) in [5.74, 6) is 1.25. The summed E-state index contributed by atoms with van der Waals surface area (Å²) < 4.78 is 5.77. The third-order valence-electron chi connectivity index (χ3n) is 3.30. The van der Waals surface area contributed by atoms with Gasteiger partial charge in [-0.05, 0) is 12.1 Å². The van der Waals surface area contributed by atoms with Crippen LogP contribution in [-0.2, 0) is 11.3 Å². The Kier molecular flexibility index (Phi) is 5.18. The lowest BCUT2D eigenvalue weighted by Crippen LogP contribution is -2.13. The first-order chi connectivity index (χ1) is 11.7. The van der Waals surface area contributed by atoms with Crippen molar-refractivity contribution in [2.75, 3.05) is 11.1 Å². The molecule has 24 heavy (non-hydrogen) atoms. The van der Waals surface area contributed by atoms with E-state index in [9.17, 15) is 4.79 Å². The Bertz CT molecular complexity index is 818. The monoisotopic (exact) mass is 339 g/mol. The number of oxazole rings is 1. The fourth-order valence-electron chi connectivity index (χ4n) is 2.19. The number of nitrogens with two attached hydrogens (primary N) is 1. The summed E-state index contributed by atoms with van der Waals surface area (Å²) in [5, 5.41) is 3.29. The normalized spacial score (nSPS) is 10.5. The minimum absolute atomic E-state index is 0.246. The van der Waals surface area contributed by atoms with Crippen LogP contribution in [0, 0.1) is 0 Å². The molecule has 0 fully saturated rings. The van der Waals surface area contributed by atoms with Gasteiger partial charge in [0.2, 0.25) is 11.8 Å². The van der Waals surface area contributed by atoms with E-state index in [0.717, 1.165) is 21.9 Å². The van der Waals surface area contributed by atoms with Crippen LogP contribution in [0.5, 0.6) is 0 Å². The Morgan fingerprint density at radius 1 is 1.12 bits per heavy atom. The maximum absolute atomic E-state index is 11.0. The number of anilines is 1. The molecule has 6 heteroatoms. The number of para-hydroxylation sites is 1. The second kappa shape index (κ2) is 7.70. The molecule has 0 saturated carbocycles. The van der Waals surface area contributed by atoms with Gasteiger partial charge < -0.3 is 15.5 Å². The van der Waals surface area contributed by atoms with Crippen LogP contribution in [0.25, 0.3) is 11.3 Å². The lowest BCUT2D eigenvalue weighted by atomic mass is 10.2. The zero-order valence-electron chi connectivity index (χ0n) is 12.9. The second-order valence-electron chi connectivity index (χ2n) is 5.09. The average Bonchev–Trinajstić information content (AvgIpc) is 3.08. The molecular formula is C18H17N3O2S. The van der Waals surface area contributed by atoms with Gasteiger partial charge in [0.25, 0.3) is 0 Å². The largest absolute Gasteiger partial charge is 0.439 e. The smallest absolute Gasteiger partial charge is 0.227 e. The number of carbonyl (C=O) groups excluding carboxylic acids is 1. The lowest BCUT2D eigenvalue weighted by Gasteiger charge is -2.09. The maximum Gasteiger partial charge on any atom is 0.227 e. The number of benzene rings is 2. The van der Waals surface area contributed by atoms with E-state index in [1.165, 1.54) is 11.8 Å². The zero-order chi connectivity index (χ0) is 16.8. The Morgan fingerprint density at radius 2 is 1.88 bits per heavy atom. The Hall–Kier alpha value is -2.73. The van der Waals surface area contributed by atoms with Crippen molar-refractivity contribution in [1.82, 2.24) is 4.98 Å². The van der Waals surface area contributed by atoms with Gasteiger partial charge in [-0.2, -0.15) is 0 Å². The number of amides is 1. The van der Waals surface area contributed by atoms with Crippen molar-refractivity contribution >= 4 is 23.4 Å². The summed E-state index contributed by atoms with van der Waals surface area (Å²) in [6.45, 7) is 0.459. The highest BCUT2D eigenvalue weighted by Gasteiger charge is 2.08. The molecule has 3 N–H and O–H groups in total. The molecule has 0 saturated heterocycles. The van der Waals surface area contributed by atoms with E-state index >= 15 is 0 Å². The van der Waals surface area contributed by atoms with Crippen molar-refractivity contribution < 1.29 is 9.21 Å². The molecule has 2 aromatic carbocycles. The highest BCUT2D eigenvalue weighted by atomic mass is 32.2. The number of nitrogens with one attached hydrogen (secondary N) is 1. The van der Waals surface area contributed by atoms with Gasteiger partial charge in [-0.15, -0.1) is 11.8 Å². The highest BCUT2D eigenvalue weighted by Crippen LogP contribution is 2.27. The first-order valence-corrected chi connectivity index (χ1v) is 8.45. The van der Waals surface area contributed by atoms with Gasteiger partial charge in [-0.3, -0.25) is 4.79 Å². The van der Waals surface area contributed by atoms with Crippen LogP contribution in [0.4, 0.5) is 5.69 Å². The molecule has 0 aliphatic heterocycles.